The maximum atomic E-state index is 12.7. The first-order valence-corrected chi connectivity index (χ1v) is 5.79. The van der Waals surface area contributed by atoms with Crippen LogP contribution in [0.2, 0.25) is 0 Å². The fraction of sp³-hybridized carbons (Fsp3) is 0.375. The van der Waals surface area contributed by atoms with Gasteiger partial charge in [0.1, 0.15) is 4.90 Å². The molecular formula is C8H10F2N2O4S. The second-order valence-corrected chi connectivity index (χ2v) is 4.46. The molecule has 0 atom stereocenters. The highest BCUT2D eigenvalue weighted by molar-refractivity contribution is 7.89. The molecule has 96 valence electrons. The van der Waals surface area contributed by atoms with E-state index in [2.05, 4.69) is 14.5 Å². The van der Waals surface area contributed by atoms with Crippen molar-refractivity contribution in [2.45, 2.75) is 11.3 Å². The number of ether oxygens (including phenoxy) is 2. The van der Waals surface area contributed by atoms with Gasteiger partial charge in [-0.15, -0.1) is 0 Å². The van der Waals surface area contributed by atoms with Gasteiger partial charge in [-0.25, -0.2) is 27.3 Å². The van der Waals surface area contributed by atoms with Crippen LogP contribution < -0.4 is 14.6 Å². The molecule has 0 aliphatic rings. The van der Waals surface area contributed by atoms with Crippen molar-refractivity contribution in [1.29, 1.82) is 0 Å². The minimum absolute atomic E-state index is 0.287. The Morgan fingerprint density at radius 3 is 2.29 bits per heavy atom. The maximum absolute atomic E-state index is 12.7. The predicted molar refractivity (Wildman–Crippen MR) is 53.7 cm³/mol. The first kappa shape index (κ1) is 13.6. The quantitative estimate of drug-likeness (QED) is 0.867. The van der Waals surface area contributed by atoms with Gasteiger partial charge >= 0.3 is 0 Å². The van der Waals surface area contributed by atoms with Gasteiger partial charge in [0.2, 0.25) is 15.9 Å². The highest BCUT2D eigenvalue weighted by Gasteiger charge is 2.26. The van der Waals surface area contributed by atoms with Crippen LogP contribution in [0.4, 0.5) is 8.78 Å². The molecule has 0 aliphatic carbocycles. The summed E-state index contributed by atoms with van der Waals surface area (Å²) in [5.74, 6) is -0.867. The third-order valence-corrected chi connectivity index (χ3v) is 2.78. The van der Waals surface area contributed by atoms with Crippen molar-refractivity contribution in [3.63, 3.8) is 0 Å². The van der Waals surface area contributed by atoms with Crippen molar-refractivity contribution in [2.24, 2.45) is 5.14 Å². The van der Waals surface area contributed by atoms with Gasteiger partial charge in [-0.1, -0.05) is 0 Å². The Bertz CT molecular complexity index is 519. The topological polar surface area (TPSA) is 91.5 Å². The van der Waals surface area contributed by atoms with Crippen molar-refractivity contribution in [1.82, 2.24) is 4.98 Å². The van der Waals surface area contributed by atoms with E-state index < -0.39 is 32.8 Å². The average Bonchev–Trinajstić information content (AvgIpc) is 2.25. The highest BCUT2D eigenvalue weighted by Crippen LogP contribution is 2.34. The largest absolute Gasteiger partial charge is 0.493 e. The van der Waals surface area contributed by atoms with Crippen molar-refractivity contribution < 1.29 is 26.7 Å². The molecule has 1 heterocycles. The van der Waals surface area contributed by atoms with Crippen LogP contribution in [-0.4, -0.2) is 27.6 Å². The monoisotopic (exact) mass is 268 g/mol. The second-order valence-electron chi connectivity index (χ2n) is 2.93. The number of hydrogen-bond donors (Lipinski definition) is 1. The Morgan fingerprint density at radius 2 is 1.94 bits per heavy atom. The van der Waals surface area contributed by atoms with Crippen LogP contribution in [-0.2, 0) is 10.0 Å². The SMILES string of the molecule is COc1cc(S(N)(=O)=O)c(OC)c(C(F)F)n1. The summed E-state index contributed by atoms with van der Waals surface area (Å²) in [6, 6.07) is 0.917. The molecule has 0 aliphatic heterocycles. The van der Waals surface area contributed by atoms with E-state index in [1.807, 2.05) is 0 Å². The van der Waals surface area contributed by atoms with Gasteiger partial charge in [-0.05, 0) is 0 Å². The van der Waals surface area contributed by atoms with Crippen molar-refractivity contribution in [3.05, 3.63) is 11.8 Å². The summed E-state index contributed by atoms with van der Waals surface area (Å²) >= 11 is 0. The highest BCUT2D eigenvalue weighted by atomic mass is 32.2. The number of methoxy groups -OCH3 is 2. The molecule has 0 radical (unpaired) electrons. The molecular weight excluding hydrogens is 258 g/mol. The van der Waals surface area contributed by atoms with Gasteiger partial charge in [-0.3, -0.25) is 0 Å². The Kier molecular flexibility index (Phi) is 3.83. The van der Waals surface area contributed by atoms with Gasteiger partial charge in [0.25, 0.3) is 6.43 Å². The summed E-state index contributed by atoms with van der Waals surface area (Å²) in [5.41, 5.74) is -0.837. The predicted octanol–water partition coefficient (Wildman–Crippen LogP) is 0.684. The molecule has 0 aromatic carbocycles. The molecule has 0 saturated heterocycles. The molecule has 0 bridgehead atoms. The summed E-state index contributed by atoms with van der Waals surface area (Å²) < 4.78 is 57.0. The first-order chi connectivity index (χ1) is 7.81. The summed E-state index contributed by atoms with van der Waals surface area (Å²) in [6.45, 7) is 0. The lowest BCUT2D eigenvalue weighted by molar-refractivity contribution is 0.139. The molecule has 1 rings (SSSR count). The zero-order chi connectivity index (χ0) is 13.2. The van der Waals surface area contributed by atoms with Gasteiger partial charge in [0.15, 0.2) is 11.4 Å². The number of aromatic nitrogens is 1. The van der Waals surface area contributed by atoms with E-state index in [9.17, 15) is 17.2 Å². The third-order valence-electron chi connectivity index (χ3n) is 1.87. The Morgan fingerprint density at radius 1 is 1.35 bits per heavy atom. The molecule has 9 heteroatoms. The first-order valence-electron chi connectivity index (χ1n) is 4.25. The smallest absolute Gasteiger partial charge is 0.284 e. The van der Waals surface area contributed by atoms with Crippen LogP contribution in [0.15, 0.2) is 11.0 Å². The number of nitrogens with zero attached hydrogens (tertiary/aromatic N) is 1. The van der Waals surface area contributed by atoms with Crippen LogP contribution in [0.1, 0.15) is 12.1 Å². The fourth-order valence-corrected chi connectivity index (χ4v) is 1.89. The maximum Gasteiger partial charge on any atom is 0.284 e. The Hall–Kier alpha value is -1.48. The molecule has 2 N–H and O–H groups in total. The van der Waals surface area contributed by atoms with Crippen molar-refractivity contribution in [3.8, 4) is 11.6 Å². The Balaban J connectivity index is 3.63. The lowest BCUT2D eigenvalue weighted by Crippen LogP contribution is -2.15. The van der Waals surface area contributed by atoms with E-state index in [0.717, 1.165) is 20.3 Å². The summed E-state index contributed by atoms with van der Waals surface area (Å²) in [4.78, 5) is 2.82. The minimum Gasteiger partial charge on any atom is -0.493 e. The Labute approximate surface area is 96.4 Å². The van der Waals surface area contributed by atoms with Crippen LogP contribution >= 0.6 is 0 Å². The van der Waals surface area contributed by atoms with Crippen LogP contribution in [0, 0.1) is 0 Å². The number of primary sulfonamides is 1. The number of alkyl halides is 2. The van der Waals surface area contributed by atoms with Gasteiger partial charge < -0.3 is 9.47 Å². The van der Waals surface area contributed by atoms with E-state index in [4.69, 9.17) is 5.14 Å². The molecule has 6 nitrogen and oxygen atoms in total. The van der Waals surface area contributed by atoms with Gasteiger partial charge in [-0.2, -0.15) is 0 Å². The van der Waals surface area contributed by atoms with Gasteiger partial charge in [0, 0.05) is 6.07 Å². The molecule has 0 amide bonds. The third kappa shape index (κ3) is 2.80. The van der Waals surface area contributed by atoms with E-state index in [0.29, 0.717) is 0 Å². The normalized spacial score (nSPS) is 11.6. The van der Waals surface area contributed by atoms with E-state index in [-0.39, 0.29) is 5.88 Å². The van der Waals surface area contributed by atoms with Gasteiger partial charge in [0.05, 0.1) is 14.2 Å². The minimum atomic E-state index is -4.21. The number of halogens is 2. The fourth-order valence-electron chi connectivity index (χ4n) is 1.17. The second kappa shape index (κ2) is 4.80. The lowest BCUT2D eigenvalue weighted by Gasteiger charge is -2.12. The summed E-state index contributed by atoms with van der Waals surface area (Å²) in [7, 11) is -2.00. The molecule has 17 heavy (non-hydrogen) atoms. The van der Waals surface area contributed by atoms with E-state index >= 15 is 0 Å². The van der Waals surface area contributed by atoms with Crippen molar-refractivity contribution >= 4 is 10.0 Å². The lowest BCUT2D eigenvalue weighted by atomic mass is 10.3. The number of hydrogen-bond acceptors (Lipinski definition) is 5. The number of sulfonamides is 1. The number of rotatable bonds is 4. The molecule has 1 aromatic heterocycles. The standard InChI is InChI=1S/C8H10F2N2O4S/c1-15-5-3-4(17(11,13)14)7(16-2)6(12-5)8(9)10/h3,8H,1-2H3,(H2,11,13,14). The molecule has 1 aromatic rings. The zero-order valence-corrected chi connectivity index (χ0v) is 9.79. The average molecular weight is 268 g/mol. The summed E-state index contributed by atoms with van der Waals surface area (Å²) in [6.07, 6.45) is -3.01. The van der Waals surface area contributed by atoms with Crippen LogP contribution in [0.5, 0.6) is 11.6 Å². The summed E-state index contributed by atoms with van der Waals surface area (Å²) in [5, 5.41) is 4.89. The number of nitrogens with two attached hydrogens (primary N) is 1. The van der Waals surface area contributed by atoms with Crippen molar-refractivity contribution in [2.75, 3.05) is 14.2 Å². The molecule has 0 unspecified atom stereocenters. The molecule has 0 spiro atoms. The van der Waals surface area contributed by atoms with E-state index in [1.165, 1.54) is 0 Å². The number of pyridine rings is 1. The molecule has 0 fully saturated rings. The zero-order valence-electron chi connectivity index (χ0n) is 8.98. The molecule has 0 saturated carbocycles. The van der Waals surface area contributed by atoms with Crippen LogP contribution in [0.3, 0.4) is 0 Å². The van der Waals surface area contributed by atoms with Crippen LogP contribution in [0.25, 0.3) is 0 Å². The van der Waals surface area contributed by atoms with E-state index in [1.54, 1.807) is 0 Å².